The number of hydrogen-bond acceptors (Lipinski definition) is 4. The average molecular weight is 442 g/mol. The molecule has 1 aliphatic rings. The van der Waals surface area contributed by atoms with E-state index in [-0.39, 0.29) is 17.3 Å². The first kappa shape index (κ1) is 22.4. The molecule has 1 aliphatic heterocycles. The summed E-state index contributed by atoms with van der Waals surface area (Å²) >= 11 is 5.67. The van der Waals surface area contributed by atoms with Gasteiger partial charge in [0.25, 0.3) is 0 Å². The molecule has 5 nitrogen and oxygen atoms in total. The SMILES string of the molecule is O=C(CN1CCN(CCOc2ccccc2)CC1)Nc1ccc(Cl)cc1C(F)(F)F. The fourth-order valence-electron chi connectivity index (χ4n) is 3.23. The van der Waals surface area contributed by atoms with Crippen molar-refractivity contribution in [1.29, 1.82) is 0 Å². The van der Waals surface area contributed by atoms with Crippen molar-refractivity contribution < 1.29 is 22.7 Å². The molecular weight excluding hydrogens is 419 g/mol. The van der Waals surface area contributed by atoms with Gasteiger partial charge in [0.1, 0.15) is 12.4 Å². The van der Waals surface area contributed by atoms with Gasteiger partial charge in [-0.1, -0.05) is 29.8 Å². The van der Waals surface area contributed by atoms with Crippen LogP contribution in [0.15, 0.2) is 48.5 Å². The molecule has 0 saturated carbocycles. The van der Waals surface area contributed by atoms with E-state index in [2.05, 4.69) is 10.2 Å². The highest BCUT2D eigenvalue weighted by atomic mass is 35.5. The largest absolute Gasteiger partial charge is 0.492 e. The predicted molar refractivity (Wildman–Crippen MR) is 110 cm³/mol. The van der Waals surface area contributed by atoms with E-state index in [1.807, 2.05) is 35.2 Å². The van der Waals surface area contributed by atoms with Crippen LogP contribution >= 0.6 is 11.6 Å². The molecule has 0 aromatic heterocycles. The molecule has 0 spiro atoms. The Morgan fingerprint density at radius 3 is 2.37 bits per heavy atom. The monoisotopic (exact) mass is 441 g/mol. The van der Waals surface area contributed by atoms with Crippen molar-refractivity contribution in [1.82, 2.24) is 9.80 Å². The van der Waals surface area contributed by atoms with Crippen LogP contribution in [0.3, 0.4) is 0 Å². The molecular formula is C21H23ClF3N3O2. The summed E-state index contributed by atoms with van der Waals surface area (Å²) in [5, 5.41) is 2.33. The van der Waals surface area contributed by atoms with Crippen LogP contribution in [0, 0.1) is 0 Å². The van der Waals surface area contributed by atoms with Crippen molar-refractivity contribution in [3.63, 3.8) is 0 Å². The summed E-state index contributed by atoms with van der Waals surface area (Å²) in [5.41, 5.74) is -1.24. The summed E-state index contributed by atoms with van der Waals surface area (Å²) < 4.78 is 45.2. The van der Waals surface area contributed by atoms with Gasteiger partial charge in [-0.15, -0.1) is 0 Å². The zero-order valence-corrected chi connectivity index (χ0v) is 17.0. The number of carbonyl (C=O) groups is 1. The number of para-hydroxylation sites is 1. The average Bonchev–Trinajstić information content (AvgIpc) is 2.71. The molecule has 162 valence electrons. The Hall–Kier alpha value is -2.29. The van der Waals surface area contributed by atoms with E-state index < -0.39 is 17.6 Å². The fourth-order valence-corrected chi connectivity index (χ4v) is 3.41. The standard InChI is InChI=1S/C21H23ClF3N3O2/c22-16-6-7-19(18(14-16)21(23,24)25)26-20(29)15-28-10-8-27(9-11-28)12-13-30-17-4-2-1-3-5-17/h1-7,14H,8-13,15H2,(H,26,29). The van der Waals surface area contributed by atoms with E-state index in [9.17, 15) is 18.0 Å². The van der Waals surface area contributed by atoms with Gasteiger partial charge in [0.2, 0.25) is 5.91 Å². The topological polar surface area (TPSA) is 44.8 Å². The number of carbonyl (C=O) groups excluding carboxylic acids is 1. The number of ether oxygens (including phenoxy) is 1. The maximum atomic E-state index is 13.2. The summed E-state index contributed by atoms with van der Waals surface area (Å²) in [6.07, 6.45) is -4.60. The Kier molecular flexibility index (Phi) is 7.58. The lowest BCUT2D eigenvalue weighted by Gasteiger charge is -2.34. The van der Waals surface area contributed by atoms with Crippen molar-refractivity contribution in [3.05, 3.63) is 59.1 Å². The van der Waals surface area contributed by atoms with Gasteiger partial charge in [0.15, 0.2) is 0 Å². The molecule has 0 unspecified atom stereocenters. The molecule has 0 atom stereocenters. The van der Waals surface area contributed by atoms with Gasteiger partial charge >= 0.3 is 6.18 Å². The third kappa shape index (κ3) is 6.62. The maximum Gasteiger partial charge on any atom is 0.418 e. The van der Waals surface area contributed by atoms with Crippen LogP contribution in [-0.4, -0.2) is 61.6 Å². The van der Waals surface area contributed by atoms with E-state index in [0.717, 1.165) is 31.5 Å². The van der Waals surface area contributed by atoms with Crippen LogP contribution < -0.4 is 10.1 Å². The summed E-state index contributed by atoms with van der Waals surface area (Å²) in [5.74, 6) is 0.344. The molecule has 2 aromatic carbocycles. The van der Waals surface area contributed by atoms with Crippen molar-refractivity contribution in [2.24, 2.45) is 0 Å². The van der Waals surface area contributed by atoms with Crippen molar-refractivity contribution in [2.45, 2.75) is 6.18 Å². The highest BCUT2D eigenvalue weighted by Gasteiger charge is 2.34. The fraction of sp³-hybridized carbons (Fsp3) is 0.381. The molecule has 1 heterocycles. The number of alkyl halides is 3. The quantitative estimate of drug-likeness (QED) is 0.705. The van der Waals surface area contributed by atoms with Gasteiger partial charge < -0.3 is 10.1 Å². The Morgan fingerprint density at radius 1 is 1.03 bits per heavy atom. The van der Waals surface area contributed by atoms with E-state index in [1.165, 1.54) is 12.1 Å². The zero-order valence-electron chi connectivity index (χ0n) is 16.3. The number of nitrogens with zero attached hydrogens (tertiary/aromatic N) is 2. The second-order valence-corrected chi connectivity index (χ2v) is 7.45. The molecule has 0 aliphatic carbocycles. The lowest BCUT2D eigenvalue weighted by Crippen LogP contribution is -2.49. The number of halogens is 4. The first-order valence-electron chi connectivity index (χ1n) is 9.60. The number of amides is 1. The number of benzene rings is 2. The minimum absolute atomic E-state index is 0.0345. The highest BCUT2D eigenvalue weighted by Crippen LogP contribution is 2.36. The van der Waals surface area contributed by atoms with Gasteiger partial charge in [0.05, 0.1) is 17.8 Å². The molecule has 3 rings (SSSR count). The molecule has 1 saturated heterocycles. The second-order valence-electron chi connectivity index (χ2n) is 7.02. The van der Waals surface area contributed by atoms with Crippen molar-refractivity contribution in [3.8, 4) is 5.75 Å². The molecule has 9 heteroatoms. The van der Waals surface area contributed by atoms with Crippen molar-refractivity contribution in [2.75, 3.05) is 51.2 Å². The highest BCUT2D eigenvalue weighted by molar-refractivity contribution is 6.30. The Morgan fingerprint density at radius 2 is 1.70 bits per heavy atom. The van der Waals surface area contributed by atoms with Gasteiger partial charge in [0, 0.05) is 37.7 Å². The predicted octanol–water partition coefficient (Wildman–Crippen LogP) is 3.99. The number of nitrogens with one attached hydrogen (secondary N) is 1. The maximum absolute atomic E-state index is 13.2. The van der Waals surface area contributed by atoms with Crippen LogP contribution in [0.4, 0.5) is 18.9 Å². The molecule has 0 radical (unpaired) electrons. The van der Waals surface area contributed by atoms with Crippen LogP contribution in [0.1, 0.15) is 5.56 Å². The van der Waals surface area contributed by atoms with Crippen LogP contribution in [0.25, 0.3) is 0 Å². The van der Waals surface area contributed by atoms with Gasteiger partial charge in [-0.25, -0.2) is 0 Å². The molecule has 30 heavy (non-hydrogen) atoms. The third-order valence-corrected chi connectivity index (χ3v) is 5.05. The van der Waals surface area contributed by atoms with Crippen LogP contribution in [0.5, 0.6) is 5.75 Å². The minimum atomic E-state index is -4.60. The van der Waals surface area contributed by atoms with Crippen LogP contribution in [-0.2, 0) is 11.0 Å². The summed E-state index contributed by atoms with van der Waals surface area (Å²) in [6.45, 7) is 4.22. The smallest absolute Gasteiger partial charge is 0.418 e. The summed E-state index contributed by atoms with van der Waals surface area (Å²) in [7, 11) is 0. The number of anilines is 1. The lowest BCUT2D eigenvalue weighted by molar-refractivity contribution is -0.137. The molecule has 1 N–H and O–H groups in total. The van der Waals surface area contributed by atoms with Gasteiger partial charge in [-0.2, -0.15) is 13.2 Å². The number of hydrogen-bond donors (Lipinski definition) is 1. The van der Waals surface area contributed by atoms with Crippen molar-refractivity contribution >= 4 is 23.2 Å². The molecule has 0 bridgehead atoms. The Bertz CT molecular complexity index is 841. The molecule has 2 aromatic rings. The number of rotatable bonds is 7. The third-order valence-electron chi connectivity index (χ3n) is 4.81. The Labute approximate surface area is 178 Å². The summed E-state index contributed by atoms with van der Waals surface area (Å²) in [6, 6.07) is 12.9. The van der Waals surface area contributed by atoms with Crippen LogP contribution in [0.2, 0.25) is 5.02 Å². The molecule has 1 amide bonds. The summed E-state index contributed by atoms with van der Waals surface area (Å²) in [4.78, 5) is 16.4. The Balaban J connectivity index is 1.42. The van der Waals surface area contributed by atoms with E-state index >= 15 is 0 Å². The first-order valence-corrected chi connectivity index (χ1v) is 9.98. The molecule has 1 fully saturated rings. The second kappa shape index (κ2) is 10.1. The van der Waals surface area contributed by atoms with Gasteiger partial charge in [-0.05, 0) is 30.3 Å². The number of piperazine rings is 1. The van der Waals surface area contributed by atoms with E-state index in [4.69, 9.17) is 16.3 Å². The lowest BCUT2D eigenvalue weighted by atomic mass is 10.1. The van der Waals surface area contributed by atoms with E-state index in [1.54, 1.807) is 0 Å². The first-order chi connectivity index (χ1) is 14.3. The normalized spacial score (nSPS) is 15.7. The zero-order chi connectivity index (χ0) is 21.6. The van der Waals surface area contributed by atoms with E-state index in [0.29, 0.717) is 19.7 Å². The van der Waals surface area contributed by atoms with Gasteiger partial charge in [-0.3, -0.25) is 14.6 Å². The minimum Gasteiger partial charge on any atom is -0.492 e.